The van der Waals surface area contributed by atoms with Gasteiger partial charge in [0, 0.05) is 29.2 Å². The van der Waals surface area contributed by atoms with E-state index in [0.717, 1.165) is 22.0 Å². The van der Waals surface area contributed by atoms with Crippen LogP contribution >= 0.6 is 0 Å². The first kappa shape index (κ1) is 65.7. The van der Waals surface area contributed by atoms with E-state index in [1.165, 1.54) is 17.5 Å². The Labute approximate surface area is 405 Å². The van der Waals surface area contributed by atoms with Gasteiger partial charge in [-0.1, -0.05) is 118 Å². The molecule has 5 aromatic rings. The first-order valence-electron chi connectivity index (χ1n) is 22.0. The van der Waals surface area contributed by atoms with Gasteiger partial charge in [0.15, 0.2) is 0 Å². The lowest BCUT2D eigenvalue weighted by Crippen LogP contribution is -2.46. The van der Waals surface area contributed by atoms with E-state index in [1.54, 1.807) is 29.9 Å². The topological polar surface area (TPSA) is 300 Å². The van der Waals surface area contributed by atoms with Gasteiger partial charge >= 0.3 is 0 Å². The normalized spacial score (nSPS) is 9.99. The molecule has 0 spiro atoms. The highest BCUT2D eigenvalue weighted by atomic mass is 16.5. The molecule has 0 aliphatic carbocycles. The number of carboxylic acid groups (broad SMARTS) is 1. The molecule has 0 saturated heterocycles. The van der Waals surface area contributed by atoms with Crippen LogP contribution in [0.4, 0.5) is 0 Å². The molecular formula is C50H74N8O11. The summed E-state index contributed by atoms with van der Waals surface area (Å²) in [4.78, 5) is 75.7. The number of carbonyl (C=O) groups excluding carboxylic acids is 6. The lowest BCUT2D eigenvalue weighted by molar-refractivity contribution is -0.127. The fourth-order valence-electron chi connectivity index (χ4n) is 5.19. The first-order chi connectivity index (χ1) is 33.1. The van der Waals surface area contributed by atoms with Gasteiger partial charge in [0.05, 0.1) is 26.2 Å². The number of rotatable bonds is 16. The summed E-state index contributed by atoms with van der Waals surface area (Å²) in [6.45, 7) is 17.2. The Bertz CT molecular complexity index is 2070. The van der Waals surface area contributed by atoms with Crippen LogP contribution in [-0.2, 0) is 46.4 Å². The largest absolute Gasteiger partial charge is 0.508 e. The molecule has 5 rings (SSSR count). The summed E-state index contributed by atoms with van der Waals surface area (Å²) in [6, 6.07) is 32.0. The highest BCUT2D eigenvalue weighted by Crippen LogP contribution is 2.19. The van der Waals surface area contributed by atoms with Crippen LogP contribution in [0.2, 0.25) is 0 Å². The van der Waals surface area contributed by atoms with Crippen molar-refractivity contribution in [1.82, 2.24) is 42.6 Å². The highest BCUT2D eigenvalue weighted by Gasteiger charge is 2.13. The third-order valence-electron chi connectivity index (χ3n) is 8.03. The van der Waals surface area contributed by atoms with Crippen LogP contribution in [0, 0.1) is 13.8 Å². The molecule has 0 aliphatic rings. The van der Waals surface area contributed by atoms with Crippen molar-refractivity contribution in [2.45, 2.75) is 86.7 Å². The zero-order valence-electron chi connectivity index (χ0n) is 41.0. The Balaban J connectivity index is -0.000000877. The van der Waals surface area contributed by atoms with Gasteiger partial charge in [0.25, 0.3) is 6.47 Å². The Kier molecular flexibility index (Phi) is 42.1. The van der Waals surface area contributed by atoms with Gasteiger partial charge in [0.1, 0.15) is 18.3 Å². The molecule has 0 fully saturated rings. The summed E-state index contributed by atoms with van der Waals surface area (Å²) in [6.07, 6.45) is 5.00. The molecule has 1 heterocycles. The van der Waals surface area contributed by atoms with Gasteiger partial charge in [-0.3, -0.25) is 28.8 Å². The molecule has 4 aromatic carbocycles. The predicted molar refractivity (Wildman–Crippen MR) is 269 cm³/mol. The van der Waals surface area contributed by atoms with Crippen molar-refractivity contribution in [1.29, 1.82) is 0 Å². The number of phenols is 2. The number of amides is 5. The molecule has 0 bridgehead atoms. The number of benzene rings is 4. The van der Waals surface area contributed by atoms with Gasteiger partial charge in [-0.2, -0.15) is 0 Å². The molecule has 5 amide bonds. The maximum Gasteiger partial charge on any atom is 0.290 e. The molecule has 0 saturated carbocycles. The van der Waals surface area contributed by atoms with Gasteiger partial charge in [-0.05, 0) is 82.0 Å². The van der Waals surface area contributed by atoms with Crippen molar-refractivity contribution >= 4 is 54.2 Å². The quantitative estimate of drug-likeness (QED) is 0.0469. The standard InChI is InChI=1S/C17H24N6O4.C12H16N2O3.C7H8O.C7H8.C3H8.C2H6.CH2O2.CH2O/c1-11(6-12-7-18-14-5-3-2-4-13(12)14)22-17(26)9-20-15(24)8-19-16(25)10-21-23-27;1-9(14-12(17)7-13-8-15)6-10-2-4-11(16)5-3-10;1-6-2-4-7(8)5-3-6;1-7-5-3-2-4-6-7;1-3-2;1-2;2-1-3;1-2/h2-5,7,11,18,21,23,27H,6,8-10H2,1H3,(H,19,25)(H,20,24)(H,22,26);2-5,8-9,16H,6-7H2,1H3,(H,13,15)(H,14,17);2-5,8H,1H3;2-6H,1H3;3H2,1-2H3;1-2H3;1H,(H,2,3);1H2. The molecule has 380 valence electrons. The molecule has 19 heteroatoms. The van der Waals surface area contributed by atoms with E-state index in [1.807, 2.05) is 114 Å². The molecule has 2 atom stereocenters. The van der Waals surface area contributed by atoms with Gasteiger partial charge in [-0.25, -0.2) is 5.43 Å². The molecule has 0 radical (unpaired) electrons. The Morgan fingerprint density at radius 1 is 0.638 bits per heavy atom. The van der Waals surface area contributed by atoms with Crippen LogP contribution in [0.3, 0.4) is 0 Å². The summed E-state index contributed by atoms with van der Waals surface area (Å²) in [7, 11) is 0. The molecule has 69 heavy (non-hydrogen) atoms. The Hall–Kier alpha value is -7.61. The van der Waals surface area contributed by atoms with Crippen LogP contribution in [0.1, 0.15) is 70.2 Å². The van der Waals surface area contributed by atoms with Crippen LogP contribution < -0.4 is 37.6 Å². The molecule has 12 N–H and O–H groups in total. The average Bonchev–Trinajstić information content (AvgIpc) is 3.75. The second kappa shape index (κ2) is 44.2. The fraction of sp³-hybridized carbons (Fsp3) is 0.340. The van der Waals surface area contributed by atoms with E-state index in [0.29, 0.717) is 25.0 Å². The van der Waals surface area contributed by atoms with Crippen LogP contribution in [0.25, 0.3) is 10.9 Å². The summed E-state index contributed by atoms with van der Waals surface area (Å²) < 4.78 is 0. The van der Waals surface area contributed by atoms with Crippen LogP contribution in [0.5, 0.6) is 11.5 Å². The lowest BCUT2D eigenvalue weighted by atomic mass is 10.1. The Morgan fingerprint density at radius 3 is 1.55 bits per heavy atom. The minimum atomic E-state index is -0.486. The number of aromatic amines is 1. The van der Waals surface area contributed by atoms with Crippen molar-refractivity contribution in [2.75, 3.05) is 26.2 Å². The maximum atomic E-state index is 12.0. The van der Waals surface area contributed by atoms with Crippen LogP contribution in [0.15, 0.2) is 109 Å². The van der Waals surface area contributed by atoms with Gasteiger partial charge in [-0.15, -0.1) is 5.59 Å². The number of aryl methyl sites for hydroxylation is 2. The lowest BCUT2D eigenvalue weighted by Gasteiger charge is -2.14. The van der Waals surface area contributed by atoms with E-state index < -0.39 is 11.8 Å². The number of aromatic nitrogens is 1. The number of hydrazine groups is 1. The van der Waals surface area contributed by atoms with E-state index in [9.17, 15) is 24.0 Å². The van der Waals surface area contributed by atoms with Crippen molar-refractivity contribution in [3.05, 3.63) is 132 Å². The maximum absolute atomic E-state index is 12.0. The molecule has 19 nitrogen and oxygen atoms in total. The molecule has 2 unspecified atom stereocenters. The highest BCUT2D eigenvalue weighted by molar-refractivity contribution is 5.89. The number of H-pyrrole nitrogens is 1. The number of carbonyl (C=O) groups is 7. The number of hydrogen-bond acceptors (Lipinski definition) is 12. The molecule has 0 aliphatic heterocycles. The third-order valence-corrected chi connectivity index (χ3v) is 8.03. The second-order valence-electron chi connectivity index (χ2n) is 14.2. The smallest absolute Gasteiger partial charge is 0.290 e. The number of para-hydroxylation sites is 1. The number of fused-ring (bicyclic) bond motifs is 1. The fourth-order valence-corrected chi connectivity index (χ4v) is 5.19. The zero-order chi connectivity index (χ0) is 52.8. The monoisotopic (exact) mass is 963 g/mol. The van der Waals surface area contributed by atoms with Crippen molar-refractivity contribution in [3.63, 3.8) is 0 Å². The number of hydrogen-bond donors (Lipinski definition) is 12. The first-order valence-corrected chi connectivity index (χ1v) is 22.0. The van der Waals surface area contributed by atoms with E-state index in [4.69, 9.17) is 30.1 Å². The number of nitrogens with one attached hydrogen (secondary N) is 8. The third kappa shape index (κ3) is 37.2. The summed E-state index contributed by atoms with van der Waals surface area (Å²) in [5.41, 5.74) is 9.44. The summed E-state index contributed by atoms with van der Waals surface area (Å²) >= 11 is 0. The number of phenolic OH excluding ortho intramolecular Hbond substituents is 2. The summed E-state index contributed by atoms with van der Waals surface area (Å²) in [5, 5.41) is 46.8. The van der Waals surface area contributed by atoms with Crippen molar-refractivity contribution in [3.8, 4) is 11.5 Å². The SMILES string of the molecule is C=O.CC.CC(Cc1c[nH]c2ccccc12)NC(=O)CNC(=O)CNC(=O)CNNO.CC(Cc1ccc(O)cc1)NC(=O)CNC=O.CCC.Cc1ccc(O)cc1.Cc1ccccc1.O=CO. The molecular weight excluding hydrogens is 889 g/mol. The van der Waals surface area contributed by atoms with Crippen molar-refractivity contribution < 1.29 is 54.1 Å². The zero-order valence-corrected chi connectivity index (χ0v) is 41.0. The minimum Gasteiger partial charge on any atom is -0.508 e. The van der Waals surface area contributed by atoms with Gasteiger partial charge < -0.3 is 56.9 Å². The van der Waals surface area contributed by atoms with Gasteiger partial charge in [0.2, 0.25) is 30.0 Å². The van der Waals surface area contributed by atoms with E-state index in [2.05, 4.69) is 69.9 Å². The van der Waals surface area contributed by atoms with Crippen molar-refractivity contribution in [2.24, 2.45) is 0 Å². The Morgan fingerprint density at radius 2 is 1.07 bits per heavy atom. The number of aromatic hydroxyl groups is 2. The van der Waals surface area contributed by atoms with E-state index >= 15 is 0 Å². The average molecular weight is 963 g/mol. The van der Waals surface area contributed by atoms with E-state index in [-0.39, 0.29) is 62.3 Å². The predicted octanol–water partition coefficient (Wildman–Crippen LogP) is 4.77. The minimum absolute atomic E-state index is 0.0105. The second-order valence-corrected chi connectivity index (χ2v) is 14.2. The molecule has 1 aromatic heterocycles. The summed E-state index contributed by atoms with van der Waals surface area (Å²) in [5.74, 6) is -0.948. The van der Waals surface area contributed by atoms with Crippen LogP contribution in [-0.4, -0.2) is 107 Å².